The van der Waals surface area contributed by atoms with Crippen molar-refractivity contribution in [3.63, 3.8) is 0 Å². The lowest BCUT2D eigenvalue weighted by Gasteiger charge is -2.12. The van der Waals surface area contributed by atoms with E-state index in [2.05, 4.69) is 12.2 Å². The van der Waals surface area contributed by atoms with E-state index in [1.165, 1.54) is 37.0 Å². The van der Waals surface area contributed by atoms with Crippen LogP contribution < -0.4 is 10.1 Å². The molecule has 0 saturated carbocycles. The Morgan fingerprint density at radius 1 is 0.949 bits per heavy atom. The third-order valence-corrected chi connectivity index (χ3v) is 6.59. The summed E-state index contributed by atoms with van der Waals surface area (Å²) in [6.07, 6.45) is 16.4. The van der Waals surface area contributed by atoms with Crippen LogP contribution in [0.25, 0.3) is 0 Å². The molecule has 1 rings (SSSR count). The van der Waals surface area contributed by atoms with Crippen LogP contribution in [0.4, 0.5) is 5.69 Å². The largest absolute Gasteiger partial charge is 0.481 e. The molecule has 39 heavy (non-hydrogen) atoms. The fraction of sp³-hybridized carbons (Fsp3) is 0.645. The number of aliphatic hydroxyl groups excluding tert-OH is 1. The molecule has 0 aromatic heterocycles. The molecule has 2 amide bonds. The first-order valence-corrected chi connectivity index (χ1v) is 14.6. The number of unbranched alkanes of at least 4 members (excludes halogenated alkanes) is 7. The number of allylic oxidation sites excluding steroid dienone is 1. The van der Waals surface area contributed by atoms with Gasteiger partial charge in [0.25, 0.3) is 0 Å². The lowest BCUT2D eigenvalue weighted by atomic mass is 10.0. The van der Waals surface area contributed by atoms with Crippen LogP contribution in [0, 0.1) is 0 Å². The highest BCUT2D eigenvalue weighted by Crippen LogP contribution is 2.25. The number of carboxylic acid groups (broad SMARTS) is 1. The van der Waals surface area contributed by atoms with E-state index in [4.69, 9.17) is 9.84 Å². The Labute approximate surface area is 234 Å². The van der Waals surface area contributed by atoms with Crippen molar-refractivity contribution in [1.82, 2.24) is 4.90 Å². The minimum absolute atomic E-state index is 0.0191. The molecule has 0 heterocycles. The van der Waals surface area contributed by atoms with Crippen molar-refractivity contribution in [2.24, 2.45) is 0 Å². The molecule has 220 valence electrons. The van der Waals surface area contributed by atoms with Crippen LogP contribution in [-0.4, -0.2) is 53.1 Å². The summed E-state index contributed by atoms with van der Waals surface area (Å²) in [4.78, 5) is 36.6. The van der Waals surface area contributed by atoms with Crippen LogP contribution in [0.2, 0.25) is 0 Å². The standard InChI is InChI=1S/C31H50N2O6/c1-4-5-6-7-8-11-15-27(34)16-12-9-10-13-23-39-28-21-20-26(24-25(28)19-22-31(37)38)32-29(35)17-14-18-30(36)33(2)3/h13,20-21,23-24,27,34H,4-12,14-19,22H2,1-3H3,(H,32,35)(H,37,38). The first-order valence-electron chi connectivity index (χ1n) is 14.6. The number of hydrogen-bond acceptors (Lipinski definition) is 5. The van der Waals surface area contributed by atoms with Gasteiger partial charge in [-0.3, -0.25) is 14.4 Å². The molecule has 0 saturated heterocycles. The number of aliphatic carboxylic acids is 1. The van der Waals surface area contributed by atoms with Gasteiger partial charge in [-0.15, -0.1) is 0 Å². The molecular formula is C31H50N2O6. The zero-order valence-electron chi connectivity index (χ0n) is 24.3. The number of aliphatic hydroxyl groups is 1. The first kappa shape index (κ1) is 34.2. The molecule has 0 fully saturated rings. The zero-order valence-corrected chi connectivity index (χ0v) is 24.3. The van der Waals surface area contributed by atoms with Gasteiger partial charge in [-0.05, 0) is 68.4 Å². The average molecular weight is 547 g/mol. The zero-order chi connectivity index (χ0) is 28.9. The number of carbonyl (C=O) groups excluding carboxylic acids is 2. The Hall–Kier alpha value is -2.87. The van der Waals surface area contributed by atoms with Crippen LogP contribution in [0.15, 0.2) is 30.5 Å². The van der Waals surface area contributed by atoms with Gasteiger partial charge in [-0.25, -0.2) is 0 Å². The fourth-order valence-corrected chi connectivity index (χ4v) is 4.19. The summed E-state index contributed by atoms with van der Waals surface area (Å²) in [6.45, 7) is 2.22. The van der Waals surface area contributed by atoms with E-state index in [-0.39, 0.29) is 37.2 Å². The van der Waals surface area contributed by atoms with Gasteiger partial charge in [-0.1, -0.05) is 51.9 Å². The van der Waals surface area contributed by atoms with Crippen molar-refractivity contribution in [3.05, 3.63) is 36.1 Å². The lowest BCUT2D eigenvalue weighted by molar-refractivity contribution is -0.137. The van der Waals surface area contributed by atoms with Crippen molar-refractivity contribution < 1.29 is 29.3 Å². The van der Waals surface area contributed by atoms with Gasteiger partial charge in [0, 0.05) is 39.0 Å². The highest BCUT2D eigenvalue weighted by molar-refractivity contribution is 5.91. The van der Waals surface area contributed by atoms with E-state index < -0.39 is 5.97 Å². The van der Waals surface area contributed by atoms with E-state index >= 15 is 0 Å². The Balaban J connectivity index is 2.44. The molecule has 0 aliphatic rings. The number of aryl methyl sites for hydroxylation is 1. The van der Waals surface area contributed by atoms with Gasteiger partial charge in [-0.2, -0.15) is 0 Å². The number of amides is 2. The molecule has 8 heteroatoms. The number of nitrogens with zero attached hydrogens (tertiary/aromatic N) is 1. The number of rotatable bonds is 22. The van der Waals surface area contributed by atoms with Crippen LogP contribution >= 0.6 is 0 Å². The predicted octanol–water partition coefficient (Wildman–Crippen LogP) is 6.47. The average Bonchev–Trinajstić information content (AvgIpc) is 2.89. The van der Waals surface area contributed by atoms with Gasteiger partial charge in [0.1, 0.15) is 5.75 Å². The maximum atomic E-state index is 12.3. The van der Waals surface area contributed by atoms with Gasteiger partial charge >= 0.3 is 5.97 Å². The highest BCUT2D eigenvalue weighted by Gasteiger charge is 2.11. The first-order chi connectivity index (χ1) is 18.7. The van der Waals surface area contributed by atoms with Crippen molar-refractivity contribution in [3.8, 4) is 5.75 Å². The van der Waals surface area contributed by atoms with Crippen LogP contribution in [-0.2, 0) is 20.8 Å². The molecule has 0 bridgehead atoms. The summed E-state index contributed by atoms with van der Waals surface area (Å²) in [5.74, 6) is -0.572. The smallest absolute Gasteiger partial charge is 0.303 e. The van der Waals surface area contributed by atoms with E-state index in [9.17, 15) is 19.5 Å². The molecule has 0 aliphatic heterocycles. The summed E-state index contributed by atoms with van der Waals surface area (Å²) in [5.41, 5.74) is 1.26. The summed E-state index contributed by atoms with van der Waals surface area (Å²) in [6, 6.07) is 5.19. The molecule has 0 radical (unpaired) electrons. The Morgan fingerprint density at radius 2 is 1.64 bits per heavy atom. The van der Waals surface area contributed by atoms with Gasteiger partial charge in [0.15, 0.2) is 0 Å². The lowest BCUT2D eigenvalue weighted by Crippen LogP contribution is -2.21. The summed E-state index contributed by atoms with van der Waals surface area (Å²) >= 11 is 0. The normalized spacial score (nSPS) is 11.9. The number of carboxylic acids is 1. The molecule has 1 atom stereocenters. The van der Waals surface area contributed by atoms with Crippen molar-refractivity contribution in [2.75, 3.05) is 19.4 Å². The second kappa shape index (κ2) is 21.0. The Bertz CT molecular complexity index is 884. The topological polar surface area (TPSA) is 116 Å². The number of benzene rings is 1. The number of nitrogens with one attached hydrogen (secondary N) is 1. The number of hydrogen-bond donors (Lipinski definition) is 3. The monoisotopic (exact) mass is 546 g/mol. The molecule has 1 aromatic rings. The van der Waals surface area contributed by atoms with Crippen molar-refractivity contribution >= 4 is 23.5 Å². The van der Waals surface area contributed by atoms with Gasteiger partial charge in [0.05, 0.1) is 12.4 Å². The summed E-state index contributed by atoms with van der Waals surface area (Å²) in [5, 5.41) is 22.1. The van der Waals surface area contributed by atoms with E-state index in [1.54, 1.807) is 38.6 Å². The van der Waals surface area contributed by atoms with Crippen molar-refractivity contribution in [1.29, 1.82) is 0 Å². The Kier molecular flexibility index (Phi) is 18.4. The van der Waals surface area contributed by atoms with Crippen LogP contribution in [0.5, 0.6) is 5.75 Å². The number of ether oxygens (including phenoxy) is 1. The van der Waals surface area contributed by atoms with Crippen molar-refractivity contribution in [2.45, 2.75) is 116 Å². The van der Waals surface area contributed by atoms with Crippen LogP contribution in [0.1, 0.15) is 109 Å². The van der Waals surface area contributed by atoms with E-state index in [1.807, 2.05) is 6.08 Å². The molecular weight excluding hydrogens is 496 g/mol. The molecule has 1 unspecified atom stereocenters. The van der Waals surface area contributed by atoms with E-state index in [0.717, 1.165) is 38.5 Å². The maximum absolute atomic E-state index is 12.3. The minimum Gasteiger partial charge on any atom is -0.481 e. The second-order valence-electron chi connectivity index (χ2n) is 10.4. The third-order valence-electron chi connectivity index (χ3n) is 6.59. The molecule has 3 N–H and O–H groups in total. The molecule has 0 aliphatic carbocycles. The quantitative estimate of drug-likeness (QED) is 0.113. The SMILES string of the molecule is CCCCCCCCC(O)CCCCC=COc1ccc(NC(=O)CCCC(=O)N(C)C)cc1CCC(=O)O. The second-order valence-corrected chi connectivity index (χ2v) is 10.4. The number of carbonyl (C=O) groups is 3. The summed E-state index contributed by atoms with van der Waals surface area (Å²) in [7, 11) is 3.37. The Morgan fingerprint density at radius 3 is 2.33 bits per heavy atom. The molecule has 1 aromatic carbocycles. The summed E-state index contributed by atoms with van der Waals surface area (Å²) < 4.78 is 5.79. The molecule has 8 nitrogen and oxygen atoms in total. The number of anilines is 1. The molecule has 0 spiro atoms. The van der Waals surface area contributed by atoms with E-state index in [0.29, 0.717) is 29.8 Å². The fourth-order valence-electron chi connectivity index (χ4n) is 4.19. The van der Waals surface area contributed by atoms with Crippen LogP contribution in [0.3, 0.4) is 0 Å². The highest BCUT2D eigenvalue weighted by atomic mass is 16.5. The maximum Gasteiger partial charge on any atom is 0.303 e. The minimum atomic E-state index is -0.907. The third kappa shape index (κ3) is 17.4. The predicted molar refractivity (Wildman–Crippen MR) is 156 cm³/mol. The van der Waals surface area contributed by atoms with Gasteiger partial charge in [0.2, 0.25) is 11.8 Å². The van der Waals surface area contributed by atoms with Gasteiger partial charge < -0.3 is 25.2 Å².